The Morgan fingerprint density at radius 1 is 0.892 bits per heavy atom. The fourth-order valence-corrected chi connectivity index (χ4v) is 3.74. The number of allylic oxidation sites excluding steroid dienone is 1. The van der Waals surface area contributed by atoms with Crippen LogP contribution in [0.5, 0.6) is 0 Å². The molecule has 9 nitrogen and oxygen atoms in total. The van der Waals surface area contributed by atoms with Crippen LogP contribution in [0.15, 0.2) is 18.5 Å². The van der Waals surface area contributed by atoms with E-state index in [1.165, 1.54) is 32.1 Å². The van der Waals surface area contributed by atoms with E-state index in [9.17, 15) is 9.59 Å². The first-order chi connectivity index (χ1) is 18.0. The van der Waals surface area contributed by atoms with Gasteiger partial charge in [-0.15, -0.1) is 5.10 Å². The molecule has 37 heavy (non-hydrogen) atoms. The SMILES string of the molecule is C=C(CCCCCCC)OCC(Cn1cc(CCC(=O)OCCOC)nn1)OC(=O)CCCCCCC. The zero-order chi connectivity index (χ0) is 27.1. The minimum Gasteiger partial charge on any atom is -0.495 e. The second kappa shape index (κ2) is 21.6. The van der Waals surface area contributed by atoms with E-state index in [1.807, 2.05) is 0 Å². The van der Waals surface area contributed by atoms with Crippen LogP contribution in [0, 0.1) is 0 Å². The summed E-state index contributed by atoms with van der Waals surface area (Å²) >= 11 is 0. The van der Waals surface area contributed by atoms with Crippen LogP contribution >= 0.6 is 0 Å². The highest BCUT2D eigenvalue weighted by Crippen LogP contribution is 2.13. The number of methoxy groups -OCH3 is 1. The second-order valence-electron chi connectivity index (χ2n) is 9.44. The topological polar surface area (TPSA) is 102 Å². The van der Waals surface area contributed by atoms with Gasteiger partial charge in [0.05, 0.1) is 31.0 Å². The van der Waals surface area contributed by atoms with Crippen molar-refractivity contribution in [2.45, 2.75) is 116 Å². The Morgan fingerprint density at radius 2 is 1.57 bits per heavy atom. The molecule has 0 aliphatic rings. The van der Waals surface area contributed by atoms with Crippen LogP contribution in [0.1, 0.15) is 103 Å². The molecule has 212 valence electrons. The molecule has 1 aromatic heterocycles. The summed E-state index contributed by atoms with van der Waals surface area (Å²) in [7, 11) is 1.56. The van der Waals surface area contributed by atoms with Gasteiger partial charge in [0.1, 0.15) is 13.2 Å². The van der Waals surface area contributed by atoms with Gasteiger partial charge < -0.3 is 18.9 Å². The molecular formula is C28H49N3O6. The zero-order valence-electron chi connectivity index (χ0n) is 23.4. The first kappa shape index (κ1) is 32.6. The van der Waals surface area contributed by atoms with Gasteiger partial charge in [-0.3, -0.25) is 9.59 Å². The van der Waals surface area contributed by atoms with Crippen molar-refractivity contribution in [2.24, 2.45) is 0 Å². The van der Waals surface area contributed by atoms with Gasteiger partial charge in [0.15, 0.2) is 6.10 Å². The predicted molar refractivity (Wildman–Crippen MR) is 143 cm³/mol. The Hall–Kier alpha value is -2.42. The summed E-state index contributed by atoms with van der Waals surface area (Å²) in [6.45, 7) is 9.54. The molecule has 1 rings (SSSR count). The Morgan fingerprint density at radius 3 is 2.24 bits per heavy atom. The highest BCUT2D eigenvalue weighted by molar-refractivity contribution is 5.69. The first-order valence-electron chi connectivity index (χ1n) is 14.0. The van der Waals surface area contributed by atoms with Gasteiger partial charge in [-0.2, -0.15) is 0 Å². The standard InChI is InChI=1S/C28H49N3O6/c1-5-7-9-11-13-15-24(3)36-23-26(37-28(33)16-14-12-10-8-6-2)22-31-21-25(29-30-31)17-18-27(32)35-20-19-34-4/h21,26H,3,5-20,22-23H2,1-2,4H3. The van der Waals surface area contributed by atoms with Crippen molar-refractivity contribution >= 4 is 11.9 Å². The molecule has 0 spiro atoms. The van der Waals surface area contributed by atoms with Crippen molar-refractivity contribution < 1.29 is 28.5 Å². The monoisotopic (exact) mass is 523 g/mol. The van der Waals surface area contributed by atoms with E-state index in [0.29, 0.717) is 37.4 Å². The number of aromatic nitrogens is 3. The molecule has 0 N–H and O–H groups in total. The van der Waals surface area contributed by atoms with E-state index in [-0.39, 0.29) is 31.6 Å². The molecule has 0 saturated carbocycles. The lowest BCUT2D eigenvalue weighted by atomic mass is 10.1. The molecule has 0 aliphatic heterocycles. The molecule has 0 aliphatic carbocycles. The van der Waals surface area contributed by atoms with Crippen molar-refractivity contribution in [3.63, 3.8) is 0 Å². The van der Waals surface area contributed by atoms with Crippen molar-refractivity contribution in [3.8, 4) is 0 Å². The van der Waals surface area contributed by atoms with Crippen LogP contribution in [-0.2, 0) is 41.5 Å². The Balaban J connectivity index is 2.56. The fourth-order valence-electron chi connectivity index (χ4n) is 3.74. The average Bonchev–Trinajstić information content (AvgIpc) is 3.33. The number of carbonyl (C=O) groups excluding carboxylic acids is 2. The molecule has 1 heterocycles. The van der Waals surface area contributed by atoms with Crippen molar-refractivity contribution in [1.29, 1.82) is 0 Å². The van der Waals surface area contributed by atoms with E-state index in [0.717, 1.165) is 38.5 Å². The molecular weight excluding hydrogens is 474 g/mol. The lowest BCUT2D eigenvalue weighted by molar-refractivity contribution is -0.152. The van der Waals surface area contributed by atoms with E-state index in [1.54, 1.807) is 18.0 Å². The maximum absolute atomic E-state index is 12.5. The van der Waals surface area contributed by atoms with Gasteiger partial charge >= 0.3 is 11.9 Å². The Bertz CT molecular complexity index is 752. The van der Waals surface area contributed by atoms with E-state index < -0.39 is 6.10 Å². The quantitative estimate of drug-likeness (QED) is 0.0985. The van der Waals surface area contributed by atoms with Gasteiger partial charge in [0.2, 0.25) is 0 Å². The lowest BCUT2D eigenvalue weighted by Crippen LogP contribution is -2.28. The summed E-state index contributed by atoms with van der Waals surface area (Å²) in [5.74, 6) is 0.178. The summed E-state index contributed by atoms with van der Waals surface area (Å²) in [6.07, 6.45) is 14.3. The molecule has 1 atom stereocenters. The largest absolute Gasteiger partial charge is 0.495 e. The molecule has 9 heteroatoms. The number of esters is 2. The van der Waals surface area contributed by atoms with Crippen LogP contribution < -0.4 is 0 Å². The Labute approximate surface area is 223 Å². The van der Waals surface area contributed by atoms with Crippen LogP contribution in [-0.4, -0.2) is 60.0 Å². The van der Waals surface area contributed by atoms with Crippen molar-refractivity contribution in [2.75, 3.05) is 26.9 Å². The lowest BCUT2D eigenvalue weighted by Gasteiger charge is -2.19. The number of hydrogen-bond acceptors (Lipinski definition) is 8. The molecule has 0 amide bonds. The van der Waals surface area contributed by atoms with Crippen LogP contribution in [0.25, 0.3) is 0 Å². The minimum absolute atomic E-state index is 0.208. The van der Waals surface area contributed by atoms with E-state index in [2.05, 4.69) is 30.7 Å². The fraction of sp³-hybridized carbons (Fsp3) is 0.786. The predicted octanol–water partition coefficient (Wildman–Crippen LogP) is 5.56. The number of nitrogens with zero attached hydrogens (tertiary/aromatic N) is 3. The Kier molecular flexibility index (Phi) is 19.1. The number of rotatable bonds is 24. The summed E-state index contributed by atoms with van der Waals surface area (Å²) in [6, 6.07) is 0. The zero-order valence-corrected chi connectivity index (χ0v) is 23.4. The van der Waals surface area contributed by atoms with Crippen molar-refractivity contribution in [1.82, 2.24) is 15.0 Å². The molecule has 1 aromatic rings. The molecule has 0 fully saturated rings. The normalized spacial score (nSPS) is 11.8. The number of unbranched alkanes of at least 4 members (excludes halogenated alkanes) is 8. The first-order valence-corrected chi connectivity index (χ1v) is 14.0. The third kappa shape index (κ3) is 17.6. The summed E-state index contributed by atoms with van der Waals surface area (Å²) in [5.41, 5.74) is 0.669. The van der Waals surface area contributed by atoms with Gasteiger partial charge in [-0.05, 0) is 12.8 Å². The van der Waals surface area contributed by atoms with Crippen LogP contribution in [0.4, 0.5) is 0 Å². The third-order valence-electron chi connectivity index (χ3n) is 5.93. The van der Waals surface area contributed by atoms with Gasteiger partial charge in [0.25, 0.3) is 0 Å². The third-order valence-corrected chi connectivity index (χ3v) is 5.93. The molecule has 0 bridgehead atoms. The maximum Gasteiger partial charge on any atom is 0.306 e. The number of carbonyl (C=O) groups is 2. The van der Waals surface area contributed by atoms with Gasteiger partial charge in [-0.1, -0.05) is 77.0 Å². The minimum atomic E-state index is -0.506. The van der Waals surface area contributed by atoms with Gasteiger partial charge in [0, 0.05) is 32.6 Å². The van der Waals surface area contributed by atoms with Crippen LogP contribution in [0.3, 0.4) is 0 Å². The summed E-state index contributed by atoms with van der Waals surface area (Å²) < 4.78 is 23.2. The molecule has 0 saturated heterocycles. The maximum atomic E-state index is 12.5. The molecule has 0 radical (unpaired) electrons. The summed E-state index contributed by atoms with van der Waals surface area (Å²) in [5, 5.41) is 8.28. The number of aryl methyl sites for hydroxylation is 1. The second-order valence-corrected chi connectivity index (χ2v) is 9.44. The highest BCUT2D eigenvalue weighted by Gasteiger charge is 2.18. The van der Waals surface area contributed by atoms with E-state index in [4.69, 9.17) is 18.9 Å². The van der Waals surface area contributed by atoms with Gasteiger partial charge in [-0.25, -0.2) is 4.68 Å². The molecule has 0 aromatic carbocycles. The molecule has 1 unspecified atom stereocenters. The highest BCUT2D eigenvalue weighted by atomic mass is 16.6. The van der Waals surface area contributed by atoms with E-state index >= 15 is 0 Å². The van der Waals surface area contributed by atoms with Crippen molar-refractivity contribution in [3.05, 3.63) is 24.2 Å². The van der Waals surface area contributed by atoms with Crippen LogP contribution in [0.2, 0.25) is 0 Å². The number of ether oxygens (including phenoxy) is 4. The summed E-state index contributed by atoms with van der Waals surface area (Å²) in [4.78, 5) is 24.3. The number of hydrogen-bond donors (Lipinski definition) is 0. The smallest absolute Gasteiger partial charge is 0.306 e. The average molecular weight is 524 g/mol.